The van der Waals surface area contributed by atoms with E-state index in [1.807, 2.05) is 0 Å². The summed E-state index contributed by atoms with van der Waals surface area (Å²) in [6.45, 7) is 0. The minimum absolute atomic E-state index is 0.114. The molecule has 0 aliphatic heterocycles. The third kappa shape index (κ3) is 3.35. The molecule has 0 aliphatic rings. The first-order valence-electron chi connectivity index (χ1n) is 9.68. The monoisotopic (exact) mass is 450 g/mol. The van der Waals surface area contributed by atoms with Crippen LogP contribution in [0, 0.1) is 10.1 Å². The number of nitro groups is 1. The quantitative estimate of drug-likeness (QED) is 0.269. The largest absolute Gasteiger partial charge is 0.507 e. The van der Waals surface area contributed by atoms with Gasteiger partial charge in [0.2, 0.25) is 0 Å². The molecule has 2 aromatic carbocycles. The summed E-state index contributed by atoms with van der Waals surface area (Å²) in [5, 5.41) is 22.6. The predicted octanol–water partition coefficient (Wildman–Crippen LogP) is 1.57. The van der Waals surface area contributed by atoms with Gasteiger partial charge >= 0.3 is 11.3 Å². The van der Waals surface area contributed by atoms with Crippen molar-refractivity contribution in [2.45, 2.75) is 5.92 Å². The number of hydrogen-bond acceptors (Lipinski definition) is 8. The maximum atomic E-state index is 13.2. The minimum Gasteiger partial charge on any atom is -0.507 e. The first-order valence-corrected chi connectivity index (χ1v) is 9.68. The van der Waals surface area contributed by atoms with Crippen LogP contribution in [0.15, 0.2) is 67.3 Å². The molecule has 0 fully saturated rings. The number of aromatic nitrogens is 2. The van der Waals surface area contributed by atoms with Crippen molar-refractivity contribution in [1.82, 2.24) is 9.13 Å². The normalized spacial score (nSPS) is 12.1. The molecule has 0 spiro atoms. The number of rotatable bonds is 4. The highest BCUT2D eigenvalue weighted by molar-refractivity contribution is 5.84. The average molecular weight is 450 g/mol. The fraction of sp³-hybridized carbons (Fsp3) is 0.136. The van der Waals surface area contributed by atoms with E-state index in [-0.39, 0.29) is 39.2 Å². The Hall–Kier alpha value is -4.67. The molecule has 1 atom stereocenters. The van der Waals surface area contributed by atoms with E-state index in [0.717, 1.165) is 9.13 Å². The zero-order valence-electron chi connectivity index (χ0n) is 17.5. The highest BCUT2D eigenvalue weighted by Crippen LogP contribution is 2.39. The molecule has 2 aromatic heterocycles. The molecule has 0 radical (unpaired) electrons. The van der Waals surface area contributed by atoms with Gasteiger partial charge in [-0.15, -0.1) is 0 Å². The summed E-state index contributed by atoms with van der Waals surface area (Å²) in [5.74, 6) is -2.09. The second kappa shape index (κ2) is 7.79. The van der Waals surface area contributed by atoms with Crippen molar-refractivity contribution in [3.63, 3.8) is 0 Å². The van der Waals surface area contributed by atoms with E-state index in [1.54, 1.807) is 12.1 Å². The van der Waals surface area contributed by atoms with Crippen molar-refractivity contribution in [3.05, 3.63) is 107 Å². The van der Waals surface area contributed by atoms with Crippen molar-refractivity contribution in [2.75, 3.05) is 5.73 Å². The molecule has 0 saturated carbocycles. The van der Waals surface area contributed by atoms with Crippen LogP contribution in [0.1, 0.15) is 22.6 Å². The summed E-state index contributed by atoms with van der Waals surface area (Å²) in [6.07, 6.45) is 0. The number of nitrogens with two attached hydrogens (primary N) is 1. The van der Waals surface area contributed by atoms with E-state index >= 15 is 0 Å². The Balaban J connectivity index is 2.19. The highest BCUT2D eigenvalue weighted by Gasteiger charge is 2.32. The Morgan fingerprint density at radius 2 is 1.73 bits per heavy atom. The Morgan fingerprint density at radius 3 is 2.42 bits per heavy atom. The van der Waals surface area contributed by atoms with E-state index < -0.39 is 33.5 Å². The molecule has 4 aromatic rings. The molecule has 11 nitrogen and oxygen atoms in total. The van der Waals surface area contributed by atoms with E-state index in [9.17, 15) is 29.6 Å². The molecule has 4 rings (SSSR count). The Morgan fingerprint density at radius 1 is 1.03 bits per heavy atom. The summed E-state index contributed by atoms with van der Waals surface area (Å²) in [7, 11) is 2.58. The molecule has 3 N–H and O–H groups in total. The van der Waals surface area contributed by atoms with Crippen LogP contribution < -0.4 is 22.6 Å². The number of anilines is 1. The molecule has 0 amide bonds. The fourth-order valence-electron chi connectivity index (χ4n) is 3.86. The lowest BCUT2D eigenvalue weighted by atomic mass is 9.85. The molecular formula is C22H18N4O7. The van der Waals surface area contributed by atoms with Crippen LogP contribution in [-0.2, 0) is 14.1 Å². The number of aromatic hydroxyl groups is 1. The van der Waals surface area contributed by atoms with Crippen LogP contribution in [0.4, 0.5) is 11.5 Å². The van der Waals surface area contributed by atoms with Gasteiger partial charge in [0.25, 0.3) is 11.2 Å². The second-order valence-electron chi connectivity index (χ2n) is 7.44. The molecule has 2 heterocycles. The second-order valence-corrected chi connectivity index (χ2v) is 7.44. The minimum atomic E-state index is -1.36. The molecule has 33 heavy (non-hydrogen) atoms. The highest BCUT2D eigenvalue weighted by atomic mass is 16.6. The van der Waals surface area contributed by atoms with E-state index in [4.69, 9.17) is 10.2 Å². The zero-order valence-corrected chi connectivity index (χ0v) is 17.5. The summed E-state index contributed by atoms with van der Waals surface area (Å²) in [4.78, 5) is 49.3. The van der Waals surface area contributed by atoms with Gasteiger partial charge in [-0.25, -0.2) is 9.59 Å². The van der Waals surface area contributed by atoms with Crippen LogP contribution >= 0.6 is 0 Å². The van der Waals surface area contributed by atoms with Crippen molar-refractivity contribution >= 4 is 22.5 Å². The first-order chi connectivity index (χ1) is 15.6. The van der Waals surface area contributed by atoms with Crippen molar-refractivity contribution < 1.29 is 14.4 Å². The summed E-state index contributed by atoms with van der Waals surface area (Å²) in [6, 6.07) is 11.5. The van der Waals surface area contributed by atoms with Crippen LogP contribution in [0.25, 0.3) is 11.0 Å². The lowest BCUT2D eigenvalue weighted by Gasteiger charge is -2.21. The SMILES string of the molecule is Cn1c(N)c(C(c2cccc([N+](=O)[O-])c2)c2c(O)c3ccccc3oc2=O)c(=O)n(C)c1=O. The lowest BCUT2D eigenvalue weighted by molar-refractivity contribution is -0.384. The maximum absolute atomic E-state index is 13.2. The number of fused-ring (bicyclic) bond motifs is 1. The molecule has 11 heteroatoms. The van der Waals surface area contributed by atoms with Gasteiger partial charge in [0, 0.05) is 26.2 Å². The average Bonchev–Trinajstić information content (AvgIpc) is 2.80. The molecule has 0 saturated heterocycles. The van der Waals surface area contributed by atoms with Crippen LogP contribution in [0.2, 0.25) is 0 Å². The maximum Gasteiger partial charge on any atom is 0.344 e. The van der Waals surface area contributed by atoms with Gasteiger partial charge in [-0.2, -0.15) is 0 Å². The van der Waals surface area contributed by atoms with Crippen LogP contribution in [0.5, 0.6) is 5.75 Å². The topological polar surface area (TPSA) is 164 Å². The van der Waals surface area contributed by atoms with Gasteiger partial charge in [0.1, 0.15) is 17.2 Å². The van der Waals surface area contributed by atoms with Crippen molar-refractivity contribution in [2.24, 2.45) is 14.1 Å². The van der Waals surface area contributed by atoms with E-state index in [1.165, 1.54) is 50.5 Å². The van der Waals surface area contributed by atoms with Crippen molar-refractivity contribution in [1.29, 1.82) is 0 Å². The van der Waals surface area contributed by atoms with Crippen LogP contribution in [-0.4, -0.2) is 19.2 Å². The molecule has 0 aliphatic carbocycles. The van der Waals surface area contributed by atoms with Gasteiger partial charge < -0.3 is 15.3 Å². The molecule has 0 bridgehead atoms. The third-order valence-corrected chi connectivity index (χ3v) is 5.56. The molecule has 1 unspecified atom stereocenters. The molecule has 168 valence electrons. The third-order valence-electron chi connectivity index (χ3n) is 5.56. The zero-order chi connectivity index (χ0) is 24.0. The number of nitrogen functional groups attached to an aromatic ring is 1. The fourth-order valence-corrected chi connectivity index (χ4v) is 3.86. The standard InChI is InChI=1S/C22H18N4O7/c1-24-19(23)17(20(28)25(2)22(24)30)15(11-6-5-7-12(10-11)26(31)32)16-18(27)13-8-3-4-9-14(13)33-21(16)29/h3-10,15,27H,23H2,1-2H3. The van der Waals surface area contributed by atoms with Crippen molar-refractivity contribution in [3.8, 4) is 5.75 Å². The van der Waals surface area contributed by atoms with Gasteiger partial charge in [0.05, 0.1) is 27.4 Å². The Kier molecular flexibility index (Phi) is 5.09. The lowest BCUT2D eigenvalue weighted by Crippen LogP contribution is -2.41. The van der Waals surface area contributed by atoms with Gasteiger partial charge in [-0.05, 0) is 17.7 Å². The van der Waals surface area contributed by atoms with E-state index in [2.05, 4.69) is 0 Å². The van der Waals surface area contributed by atoms with Crippen LogP contribution in [0.3, 0.4) is 0 Å². The number of nitrogens with zero attached hydrogens (tertiary/aromatic N) is 3. The number of hydrogen-bond donors (Lipinski definition) is 2. The number of nitro benzene ring substituents is 1. The molecular weight excluding hydrogens is 432 g/mol. The Bertz CT molecular complexity index is 1610. The number of benzene rings is 2. The Labute approximate surface area is 184 Å². The predicted molar refractivity (Wildman–Crippen MR) is 120 cm³/mol. The van der Waals surface area contributed by atoms with E-state index in [0.29, 0.717) is 0 Å². The number of para-hydroxylation sites is 1. The van der Waals surface area contributed by atoms with Gasteiger partial charge in [-0.1, -0.05) is 24.3 Å². The summed E-state index contributed by atoms with van der Waals surface area (Å²) >= 11 is 0. The van der Waals surface area contributed by atoms with Gasteiger partial charge in [0.15, 0.2) is 0 Å². The first kappa shape index (κ1) is 21.6. The van der Waals surface area contributed by atoms with Gasteiger partial charge in [-0.3, -0.25) is 24.0 Å². The smallest absolute Gasteiger partial charge is 0.344 e. The summed E-state index contributed by atoms with van der Waals surface area (Å²) < 4.78 is 7.19. The number of non-ortho nitro benzene ring substituents is 1. The summed E-state index contributed by atoms with van der Waals surface area (Å²) in [5.41, 5.74) is 3.05.